The summed E-state index contributed by atoms with van der Waals surface area (Å²) < 4.78 is 7.14. The number of aryl methyl sites for hydroxylation is 2. The number of carbonyl (C=O) groups is 2. The number of benzene rings is 1. The molecule has 0 spiro atoms. The van der Waals surface area contributed by atoms with Crippen LogP contribution in [0.2, 0.25) is 0 Å². The predicted molar refractivity (Wildman–Crippen MR) is 103 cm³/mol. The number of para-hydroxylation sites is 1. The number of aromatic nitrogens is 2. The molecular weight excluding hydrogens is 344 g/mol. The first-order valence-corrected chi connectivity index (χ1v) is 9.22. The summed E-state index contributed by atoms with van der Waals surface area (Å²) in [5, 5.41) is 7.29. The number of rotatable bonds is 5. The second-order valence-corrected chi connectivity index (χ2v) is 6.77. The second-order valence-electron chi connectivity index (χ2n) is 6.77. The molecule has 27 heavy (non-hydrogen) atoms. The van der Waals surface area contributed by atoms with Crippen molar-refractivity contribution in [3.63, 3.8) is 0 Å². The SMILES string of the molecule is Cc1nn(C)c(C)c1CCC(=O)Nc1ccccc1C(=O)N1CCOCC1. The maximum Gasteiger partial charge on any atom is 0.256 e. The van der Waals surface area contributed by atoms with E-state index in [0.29, 0.717) is 50.4 Å². The summed E-state index contributed by atoms with van der Waals surface area (Å²) in [4.78, 5) is 27.0. The molecule has 0 radical (unpaired) electrons. The number of amides is 2. The molecule has 1 aromatic heterocycles. The molecule has 7 nitrogen and oxygen atoms in total. The molecule has 0 atom stereocenters. The maximum atomic E-state index is 12.8. The average Bonchev–Trinajstić information content (AvgIpc) is 2.92. The predicted octanol–water partition coefficient (Wildman–Crippen LogP) is 2.08. The normalized spacial score (nSPS) is 14.3. The summed E-state index contributed by atoms with van der Waals surface area (Å²) in [5.41, 5.74) is 4.19. The second kappa shape index (κ2) is 8.35. The van der Waals surface area contributed by atoms with Crippen molar-refractivity contribution in [3.05, 3.63) is 46.8 Å². The highest BCUT2D eigenvalue weighted by atomic mass is 16.5. The van der Waals surface area contributed by atoms with E-state index in [2.05, 4.69) is 10.4 Å². The minimum Gasteiger partial charge on any atom is -0.378 e. The summed E-state index contributed by atoms with van der Waals surface area (Å²) in [6.45, 7) is 6.19. The Labute approximate surface area is 159 Å². The van der Waals surface area contributed by atoms with Crippen molar-refractivity contribution in [1.82, 2.24) is 14.7 Å². The lowest BCUT2D eigenvalue weighted by molar-refractivity contribution is -0.116. The molecule has 0 bridgehead atoms. The van der Waals surface area contributed by atoms with Gasteiger partial charge in [-0.05, 0) is 38.0 Å². The number of morpholine rings is 1. The van der Waals surface area contributed by atoms with Crippen LogP contribution in [0.4, 0.5) is 5.69 Å². The lowest BCUT2D eigenvalue weighted by atomic mass is 10.1. The Balaban J connectivity index is 1.66. The van der Waals surface area contributed by atoms with Crippen LogP contribution in [0.15, 0.2) is 24.3 Å². The van der Waals surface area contributed by atoms with E-state index in [1.807, 2.05) is 37.7 Å². The highest BCUT2D eigenvalue weighted by Gasteiger charge is 2.21. The van der Waals surface area contributed by atoms with Crippen molar-refractivity contribution in [2.24, 2.45) is 7.05 Å². The average molecular weight is 370 g/mol. The molecule has 0 saturated carbocycles. The van der Waals surface area contributed by atoms with Crippen molar-refractivity contribution < 1.29 is 14.3 Å². The van der Waals surface area contributed by atoms with Crippen LogP contribution in [0.5, 0.6) is 0 Å². The molecule has 2 amide bonds. The zero-order chi connectivity index (χ0) is 19.4. The van der Waals surface area contributed by atoms with Crippen molar-refractivity contribution in [1.29, 1.82) is 0 Å². The van der Waals surface area contributed by atoms with Gasteiger partial charge in [-0.1, -0.05) is 12.1 Å². The van der Waals surface area contributed by atoms with Crippen LogP contribution in [-0.4, -0.2) is 52.8 Å². The van der Waals surface area contributed by atoms with Gasteiger partial charge in [0.05, 0.1) is 30.2 Å². The Bertz CT molecular complexity index is 838. The minimum atomic E-state index is -0.111. The monoisotopic (exact) mass is 370 g/mol. The molecule has 1 aromatic carbocycles. The summed E-state index contributed by atoms with van der Waals surface area (Å²) in [6.07, 6.45) is 0.963. The fraction of sp³-hybridized carbons (Fsp3) is 0.450. The van der Waals surface area contributed by atoms with E-state index >= 15 is 0 Å². The summed E-state index contributed by atoms with van der Waals surface area (Å²) in [7, 11) is 1.90. The number of anilines is 1. The Morgan fingerprint density at radius 1 is 1.19 bits per heavy atom. The van der Waals surface area contributed by atoms with E-state index < -0.39 is 0 Å². The molecule has 3 rings (SSSR count). The standard InChI is InChI=1S/C20H26N4O3/c1-14-16(15(2)23(3)22-14)8-9-19(25)21-18-7-5-4-6-17(18)20(26)24-10-12-27-13-11-24/h4-7H,8-13H2,1-3H3,(H,21,25). The van der Waals surface area contributed by atoms with Crippen molar-refractivity contribution >= 4 is 17.5 Å². The van der Waals surface area contributed by atoms with E-state index in [0.717, 1.165) is 17.0 Å². The lowest BCUT2D eigenvalue weighted by Crippen LogP contribution is -2.41. The van der Waals surface area contributed by atoms with E-state index in [4.69, 9.17) is 4.74 Å². The minimum absolute atomic E-state index is 0.0758. The molecule has 1 aliphatic heterocycles. The van der Waals surface area contributed by atoms with Gasteiger partial charge < -0.3 is 15.0 Å². The molecule has 144 valence electrons. The molecule has 0 aliphatic carbocycles. The van der Waals surface area contributed by atoms with Crippen LogP contribution in [0.25, 0.3) is 0 Å². The first kappa shape index (κ1) is 19.1. The maximum absolute atomic E-state index is 12.8. The Kier molecular flexibility index (Phi) is 5.91. The molecule has 1 N–H and O–H groups in total. The van der Waals surface area contributed by atoms with E-state index in [1.165, 1.54) is 0 Å². The topological polar surface area (TPSA) is 76.5 Å². The molecule has 2 aromatic rings. The fourth-order valence-electron chi connectivity index (χ4n) is 3.35. The number of ether oxygens (including phenoxy) is 1. The van der Waals surface area contributed by atoms with Gasteiger partial charge in [0.2, 0.25) is 5.91 Å². The van der Waals surface area contributed by atoms with Gasteiger partial charge in [-0.15, -0.1) is 0 Å². The van der Waals surface area contributed by atoms with Crippen LogP contribution in [0.3, 0.4) is 0 Å². The molecule has 1 saturated heterocycles. The van der Waals surface area contributed by atoms with Crippen LogP contribution in [0, 0.1) is 13.8 Å². The first-order valence-electron chi connectivity index (χ1n) is 9.22. The van der Waals surface area contributed by atoms with Crippen molar-refractivity contribution in [2.75, 3.05) is 31.6 Å². The van der Waals surface area contributed by atoms with Gasteiger partial charge in [0.15, 0.2) is 0 Å². The zero-order valence-corrected chi connectivity index (χ0v) is 16.1. The van der Waals surface area contributed by atoms with Crippen LogP contribution in [0.1, 0.15) is 33.7 Å². The van der Waals surface area contributed by atoms with Gasteiger partial charge in [0, 0.05) is 32.3 Å². The summed E-state index contributed by atoms with van der Waals surface area (Å²) in [6, 6.07) is 7.15. The van der Waals surface area contributed by atoms with Gasteiger partial charge in [0.1, 0.15) is 0 Å². The van der Waals surface area contributed by atoms with Gasteiger partial charge in [-0.3, -0.25) is 14.3 Å². The van der Waals surface area contributed by atoms with Crippen molar-refractivity contribution in [3.8, 4) is 0 Å². The Morgan fingerprint density at radius 2 is 1.89 bits per heavy atom. The highest BCUT2D eigenvalue weighted by molar-refractivity contribution is 6.03. The smallest absolute Gasteiger partial charge is 0.256 e. The van der Waals surface area contributed by atoms with Gasteiger partial charge in [-0.2, -0.15) is 5.10 Å². The Morgan fingerprint density at radius 3 is 2.56 bits per heavy atom. The largest absolute Gasteiger partial charge is 0.378 e. The lowest BCUT2D eigenvalue weighted by Gasteiger charge is -2.27. The third-order valence-corrected chi connectivity index (χ3v) is 4.99. The van der Waals surface area contributed by atoms with Crippen LogP contribution < -0.4 is 5.32 Å². The van der Waals surface area contributed by atoms with Crippen molar-refractivity contribution in [2.45, 2.75) is 26.7 Å². The number of nitrogens with one attached hydrogen (secondary N) is 1. The third-order valence-electron chi connectivity index (χ3n) is 4.99. The molecule has 1 aliphatic rings. The number of hydrogen-bond acceptors (Lipinski definition) is 4. The molecule has 2 heterocycles. The quantitative estimate of drug-likeness (QED) is 0.874. The summed E-state index contributed by atoms with van der Waals surface area (Å²) >= 11 is 0. The van der Waals surface area contributed by atoms with E-state index in [9.17, 15) is 9.59 Å². The van der Waals surface area contributed by atoms with Gasteiger partial charge in [0.25, 0.3) is 5.91 Å². The molecule has 7 heteroatoms. The third kappa shape index (κ3) is 4.36. The molecule has 1 fully saturated rings. The number of nitrogens with zero attached hydrogens (tertiary/aromatic N) is 3. The van der Waals surface area contributed by atoms with Crippen LogP contribution >= 0.6 is 0 Å². The van der Waals surface area contributed by atoms with Gasteiger partial charge in [-0.25, -0.2) is 0 Å². The van der Waals surface area contributed by atoms with E-state index in [-0.39, 0.29) is 11.8 Å². The first-order chi connectivity index (χ1) is 13.0. The van der Waals surface area contributed by atoms with E-state index in [1.54, 1.807) is 17.0 Å². The summed E-state index contributed by atoms with van der Waals surface area (Å²) in [5.74, 6) is -0.187. The fourth-order valence-corrected chi connectivity index (χ4v) is 3.35. The molecular formula is C20H26N4O3. The molecule has 0 unspecified atom stereocenters. The Hall–Kier alpha value is -2.67. The van der Waals surface area contributed by atoms with Crippen LogP contribution in [-0.2, 0) is 23.0 Å². The van der Waals surface area contributed by atoms with Gasteiger partial charge >= 0.3 is 0 Å². The number of carbonyl (C=O) groups excluding carboxylic acids is 2. The highest BCUT2D eigenvalue weighted by Crippen LogP contribution is 2.19. The number of hydrogen-bond donors (Lipinski definition) is 1. The zero-order valence-electron chi connectivity index (χ0n) is 16.1.